The Bertz CT molecular complexity index is 686. The van der Waals surface area contributed by atoms with Gasteiger partial charge in [0.15, 0.2) is 0 Å². The van der Waals surface area contributed by atoms with E-state index in [1.807, 2.05) is 12.1 Å². The highest BCUT2D eigenvalue weighted by Gasteiger charge is 2.08. The van der Waals surface area contributed by atoms with E-state index in [4.69, 9.17) is 16.3 Å². The molecule has 5 nitrogen and oxygen atoms in total. The van der Waals surface area contributed by atoms with Gasteiger partial charge < -0.3 is 10.1 Å². The predicted molar refractivity (Wildman–Crippen MR) is 89.7 cm³/mol. The zero-order valence-electron chi connectivity index (χ0n) is 12.6. The van der Waals surface area contributed by atoms with Gasteiger partial charge in [-0.25, -0.2) is 4.79 Å². The Morgan fingerprint density at radius 3 is 2.57 bits per heavy atom. The lowest BCUT2D eigenvalue weighted by Crippen LogP contribution is -2.23. The fourth-order valence-electron chi connectivity index (χ4n) is 1.91. The molecule has 120 valence electrons. The van der Waals surface area contributed by atoms with Gasteiger partial charge >= 0.3 is 6.09 Å². The fraction of sp³-hybridized carbons (Fsp3) is 0.176. The van der Waals surface area contributed by atoms with Gasteiger partial charge in [-0.15, -0.1) is 0 Å². The summed E-state index contributed by atoms with van der Waals surface area (Å²) in [5, 5.41) is 6.03. The van der Waals surface area contributed by atoms with Gasteiger partial charge in [-0.05, 0) is 42.8 Å². The summed E-state index contributed by atoms with van der Waals surface area (Å²) in [7, 11) is 0. The minimum Gasteiger partial charge on any atom is -0.450 e. The molecule has 0 aliphatic carbocycles. The molecule has 0 aliphatic rings. The first kappa shape index (κ1) is 16.8. The summed E-state index contributed by atoms with van der Waals surface area (Å²) in [6.07, 6.45) is -0.550. The quantitative estimate of drug-likeness (QED) is 0.874. The largest absolute Gasteiger partial charge is 0.450 e. The molecule has 0 aromatic heterocycles. The number of amides is 2. The number of halogens is 1. The molecule has 0 radical (unpaired) electrons. The highest BCUT2D eigenvalue weighted by Crippen LogP contribution is 2.12. The minimum atomic E-state index is -0.550. The molecule has 23 heavy (non-hydrogen) atoms. The van der Waals surface area contributed by atoms with Crippen LogP contribution in [0.4, 0.5) is 10.5 Å². The van der Waals surface area contributed by atoms with E-state index < -0.39 is 6.09 Å². The van der Waals surface area contributed by atoms with E-state index in [9.17, 15) is 9.59 Å². The topological polar surface area (TPSA) is 67.4 Å². The van der Waals surface area contributed by atoms with Crippen LogP contribution in [-0.4, -0.2) is 18.6 Å². The summed E-state index contributed by atoms with van der Waals surface area (Å²) in [5.74, 6) is -0.229. The van der Waals surface area contributed by atoms with Crippen molar-refractivity contribution in [3.63, 3.8) is 0 Å². The third kappa shape index (κ3) is 5.30. The molecule has 2 N–H and O–H groups in total. The highest BCUT2D eigenvalue weighted by atomic mass is 35.5. The first-order valence-corrected chi connectivity index (χ1v) is 7.52. The SMILES string of the molecule is CCOC(=O)Nc1cccc(C(=O)NCc2ccc(Cl)cc2)c1. The highest BCUT2D eigenvalue weighted by molar-refractivity contribution is 6.30. The van der Waals surface area contributed by atoms with E-state index >= 15 is 0 Å². The number of nitrogens with one attached hydrogen (secondary N) is 2. The van der Waals surface area contributed by atoms with Gasteiger partial charge in [0, 0.05) is 22.8 Å². The first-order chi connectivity index (χ1) is 11.1. The fourth-order valence-corrected chi connectivity index (χ4v) is 2.04. The second-order valence-electron chi connectivity index (χ2n) is 4.74. The average molecular weight is 333 g/mol. The first-order valence-electron chi connectivity index (χ1n) is 7.15. The van der Waals surface area contributed by atoms with E-state index in [2.05, 4.69) is 10.6 Å². The average Bonchev–Trinajstić information content (AvgIpc) is 2.54. The van der Waals surface area contributed by atoms with Crippen molar-refractivity contribution in [2.24, 2.45) is 0 Å². The van der Waals surface area contributed by atoms with Gasteiger partial charge in [-0.3, -0.25) is 10.1 Å². The Balaban J connectivity index is 1.96. The van der Waals surface area contributed by atoms with Crippen LogP contribution in [0, 0.1) is 0 Å². The lowest BCUT2D eigenvalue weighted by Gasteiger charge is -2.08. The van der Waals surface area contributed by atoms with E-state index in [1.165, 1.54) is 0 Å². The van der Waals surface area contributed by atoms with Gasteiger partial charge in [-0.2, -0.15) is 0 Å². The van der Waals surface area contributed by atoms with Gasteiger partial charge in [0.2, 0.25) is 0 Å². The predicted octanol–water partition coefficient (Wildman–Crippen LogP) is 3.84. The maximum atomic E-state index is 12.2. The Labute approximate surface area is 139 Å². The van der Waals surface area contributed by atoms with Crippen LogP contribution in [0.5, 0.6) is 0 Å². The molecule has 2 amide bonds. The Morgan fingerprint density at radius 1 is 1.13 bits per heavy atom. The van der Waals surface area contributed by atoms with Crippen molar-refractivity contribution in [2.45, 2.75) is 13.5 Å². The Hall–Kier alpha value is -2.53. The van der Waals surface area contributed by atoms with Crippen LogP contribution < -0.4 is 10.6 Å². The van der Waals surface area contributed by atoms with Crippen LogP contribution in [-0.2, 0) is 11.3 Å². The summed E-state index contributed by atoms with van der Waals surface area (Å²) in [6, 6.07) is 13.9. The molecule has 2 rings (SSSR count). The van der Waals surface area contributed by atoms with Crippen molar-refractivity contribution >= 4 is 29.3 Å². The van der Waals surface area contributed by atoms with Crippen molar-refractivity contribution in [1.82, 2.24) is 5.32 Å². The lowest BCUT2D eigenvalue weighted by atomic mass is 10.1. The standard InChI is InChI=1S/C17H17ClN2O3/c1-2-23-17(22)20-15-5-3-4-13(10-15)16(21)19-11-12-6-8-14(18)9-7-12/h3-10H,2,11H2,1H3,(H,19,21)(H,20,22). The van der Waals surface area contributed by atoms with Crippen LogP contribution in [0.25, 0.3) is 0 Å². The van der Waals surface area contributed by atoms with E-state index in [-0.39, 0.29) is 12.5 Å². The third-order valence-electron chi connectivity index (χ3n) is 3.01. The summed E-state index contributed by atoms with van der Waals surface area (Å²) in [4.78, 5) is 23.6. The molecule has 0 bridgehead atoms. The summed E-state index contributed by atoms with van der Waals surface area (Å²) >= 11 is 5.82. The van der Waals surface area contributed by atoms with Crippen molar-refractivity contribution < 1.29 is 14.3 Å². The molecule has 6 heteroatoms. The van der Waals surface area contributed by atoms with Crippen molar-refractivity contribution in [1.29, 1.82) is 0 Å². The molecule has 2 aromatic rings. The summed E-state index contributed by atoms with van der Waals surface area (Å²) in [6.45, 7) is 2.40. The second-order valence-corrected chi connectivity index (χ2v) is 5.17. The monoisotopic (exact) mass is 332 g/mol. The van der Waals surface area contributed by atoms with Crippen LogP contribution in [0.3, 0.4) is 0 Å². The minimum absolute atomic E-state index is 0.229. The van der Waals surface area contributed by atoms with Gasteiger partial charge in [0.05, 0.1) is 6.61 Å². The molecule has 0 atom stereocenters. The zero-order chi connectivity index (χ0) is 16.7. The number of carbonyl (C=O) groups excluding carboxylic acids is 2. The third-order valence-corrected chi connectivity index (χ3v) is 3.26. The van der Waals surface area contributed by atoms with E-state index in [0.29, 0.717) is 22.8 Å². The molecule has 0 saturated carbocycles. The number of ether oxygens (including phenoxy) is 1. The number of anilines is 1. The molecule has 0 aliphatic heterocycles. The molecule has 0 fully saturated rings. The number of rotatable bonds is 5. The van der Waals surface area contributed by atoms with E-state index in [0.717, 1.165) is 5.56 Å². The van der Waals surface area contributed by atoms with Crippen molar-refractivity contribution in [2.75, 3.05) is 11.9 Å². The molecule has 0 spiro atoms. The Kier molecular flexibility index (Phi) is 6.00. The van der Waals surface area contributed by atoms with Crippen molar-refractivity contribution in [3.8, 4) is 0 Å². The van der Waals surface area contributed by atoms with Gasteiger partial charge in [0.25, 0.3) is 5.91 Å². The lowest BCUT2D eigenvalue weighted by molar-refractivity contribution is 0.0950. The van der Waals surface area contributed by atoms with Crippen LogP contribution >= 0.6 is 11.6 Å². The van der Waals surface area contributed by atoms with Crippen LogP contribution in [0.15, 0.2) is 48.5 Å². The van der Waals surface area contributed by atoms with Gasteiger partial charge in [-0.1, -0.05) is 29.8 Å². The summed E-state index contributed by atoms with van der Waals surface area (Å²) < 4.78 is 4.80. The summed E-state index contributed by atoms with van der Waals surface area (Å²) in [5.41, 5.74) is 1.90. The second kappa shape index (κ2) is 8.19. The molecular weight excluding hydrogens is 316 g/mol. The number of carbonyl (C=O) groups is 2. The number of benzene rings is 2. The number of hydrogen-bond acceptors (Lipinski definition) is 3. The van der Waals surface area contributed by atoms with Crippen molar-refractivity contribution in [3.05, 3.63) is 64.7 Å². The Morgan fingerprint density at radius 2 is 1.87 bits per heavy atom. The van der Waals surface area contributed by atoms with Gasteiger partial charge in [0.1, 0.15) is 0 Å². The smallest absolute Gasteiger partial charge is 0.411 e. The van der Waals surface area contributed by atoms with Crippen LogP contribution in [0.1, 0.15) is 22.8 Å². The molecule has 0 saturated heterocycles. The molecular formula is C17H17ClN2O3. The normalized spacial score (nSPS) is 10.0. The van der Waals surface area contributed by atoms with Crippen LogP contribution in [0.2, 0.25) is 5.02 Å². The maximum Gasteiger partial charge on any atom is 0.411 e. The molecule has 0 unspecified atom stereocenters. The zero-order valence-corrected chi connectivity index (χ0v) is 13.4. The van der Waals surface area contributed by atoms with E-state index in [1.54, 1.807) is 43.3 Å². The molecule has 2 aromatic carbocycles. The molecule has 0 heterocycles. The maximum absolute atomic E-state index is 12.2. The number of hydrogen-bond donors (Lipinski definition) is 2.